The summed E-state index contributed by atoms with van der Waals surface area (Å²) >= 11 is 0.699. The first-order chi connectivity index (χ1) is 16.5. The molecule has 0 unspecified atom stereocenters. The Balaban J connectivity index is 1.68. The summed E-state index contributed by atoms with van der Waals surface area (Å²) in [6.07, 6.45) is 1.67. The van der Waals surface area contributed by atoms with Crippen molar-refractivity contribution in [2.75, 3.05) is 18.1 Å². The molecule has 0 aromatic carbocycles. The fourth-order valence-electron chi connectivity index (χ4n) is 4.32. The van der Waals surface area contributed by atoms with E-state index in [9.17, 15) is 21.6 Å². The molecule has 3 atom stereocenters. The molecule has 1 aliphatic carbocycles. The molecule has 1 saturated carbocycles. The van der Waals surface area contributed by atoms with E-state index < -0.39 is 39.7 Å². The van der Waals surface area contributed by atoms with Gasteiger partial charge in [0.2, 0.25) is 10.0 Å². The number of anilines is 1. The van der Waals surface area contributed by atoms with Crippen LogP contribution in [0.3, 0.4) is 0 Å². The highest BCUT2D eigenvalue weighted by Gasteiger charge is 2.42. The number of aromatic nitrogens is 4. The van der Waals surface area contributed by atoms with E-state index >= 15 is 0 Å². The van der Waals surface area contributed by atoms with Crippen LogP contribution in [-0.2, 0) is 10.0 Å². The molecular formula is C21H26F3N7O2S2. The molecular weight excluding hydrogens is 503 g/mol. The van der Waals surface area contributed by atoms with Crippen molar-refractivity contribution in [2.24, 2.45) is 0 Å². The fourth-order valence-corrected chi connectivity index (χ4v) is 6.50. The van der Waals surface area contributed by atoms with Gasteiger partial charge in [0.15, 0.2) is 15.8 Å². The number of sulfonamides is 1. The summed E-state index contributed by atoms with van der Waals surface area (Å²) in [6, 6.07) is 0.999. The molecule has 5 rings (SSSR count). The molecule has 3 aromatic heterocycles. The van der Waals surface area contributed by atoms with Gasteiger partial charge in [-0.1, -0.05) is 11.3 Å². The molecule has 9 nitrogen and oxygen atoms in total. The van der Waals surface area contributed by atoms with E-state index in [4.69, 9.17) is 0 Å². The van der Waals surface area contributed by atoms with Crippen molar-refractivity contribution in [1.29, 1.82) is 0 Å². The minimum absolute atomic E-state index is 0.00107. The highest BCUT2D eigenvalue weighted by Crippen LogP contribution is 2.38. The van der Waals surface area contributed by atoms with Gasteiger partial charge >= 0.3 is 0 Å². The first-order valence-electron chi connectivity index (χ1n) is 11.3. The summed E-state index contributed by atoms with van der Waals surface area (Å²) < 4.78 is 70.9. The Hall–Kier alpha value is -2.29. The Morgan fingerprint density at radius 2 is 2.06 bits per heavy atom. The summed E-state index contributed by atoms with van der Waals surface area (Å²) in [7, 11) is -3.91. The number of hydrogen-bond donors (Lipinski definition) is 2. The normalized spacial score (nSPS) is 24.4. The van der Waals surface area contributed by atoms with Gasteiger partial charge in [0.1, 0.15) is 11.6 Å². The van der Waals surface area contributed by atoms with E-state index in [0.717, 1.165) is 12.8 Å². The smallest absolute Gasteiger partial charge is 0.291 e. The molecule has 3 aromatic rings. The minimum Gasteiger partial charge on any atom is -0.364 e. The third-order valence-electron chi connectivity index (χ3n) is 6.73. The third kappa shape index (κ3) is 4.52. The van der Waals surface area contributed by atoms with Crippen LogP contribution in [0.15, 0.2) is 23.4 Å². The molecule has 2 aliphatic rings. The van der Waals surface area contributed by atoms with Gasteiger partial charge < -0.3 is 10.2 Å². The van der Waals surface area contributed by atoms with E-state index in [-0.39, 0.29) is 27.8 Å². The number of halogens is 3. The molecule has 1 aliphatic heterocycles. The molecule has 35 heavy (non-hydrogen) atoms. The predicted octanol–water partition coefficient (Wildman–Crippen LogP) is 3.15. The van der Waals surface area contributed by atoms with Crippen LogP contribution >= 0.6 is 11.3 Å². The van der Waals surface area contributed by atoms with E-state index in [0.29, 0.717) is 29.1 Å². The Labute approximate surface area is 204 Å². The number of piperazine rings is 1. The lowest BCUT2D eigenvalue weighted by atomic mass is 10.0. The van der Waals surface area contributed by atoms with Crippen LogP contribution in [0.4, 0.5) is 18.9 Å². The summed E-state index contributed by atoms with van der Waals surface area (Å²) in [5.41, 5.74) is 0.627. The Bertz CT molecular complexity index is 1360. The highest BCUT2D eigenvalue weighted by molar-refractivity contribution is 7.89. The molecule has 4 heterocycles. The standard InChI is InChI=1S/C21H26F3N7O2S2/c1-11-12(2)30(9-13(7-22)26-11)15-6-14(35(32,33)29-21(3)4-5-21)10-31-16(15)8-25-18(31)20-28-27-19(34-20)17(23)24/h6,8,10-13,17,26,29H,4-5,7,9H2,1-3H3/t11-,12-,13+/m0/s1. The second-order valence-corrected chi connectivity index (χ2v) is 12.2. The van der Waals surface area contributed by atoms with Crippen molar-refractivity contribution >= 4 is 32.6 Å². The van der Waals surface area contributed by atoms with Crippen LogP contribution in [-0.4, -0.2) is 64.9 Å². The van der Waals surface area contributed by atoms with E-state index in [1.807, 2.05) is 25.7 Å². The fraction of sp³-hybridized carbons (Fsp3) is 0.571. The van der Waals surface area contributed by atoms with Gasteiger partial charge in [-0.2, -0.15) is 0 Å². The molecule has 0 radical (unpaired) electrons. The molecule has 0 amide bonds. The molecule has 1 saturated heterocycles. The van der Waals surface area contributed by atoms with Crippen molar-refractivity contribution in [1.82, 2.24) is 29.6 Å². The highest BCUT2D eigenvalue weighted by atomic mass is 32.2. The van der Waals surface area contributed by atoms with Gasteiger partial charge in [0.25, 0.3) is 6.43 Å². The Morgan fingerprint density at radius 3 is 2.69 bits per heavy atom. The van der Waals surface area contributed by atoms with Crippen LogP contribution in [0.2, 0.25) is 0 Å². The van der Waals surface area contributed by atoms with Gasteiger partial charge in [-0.15, -0.1) is 10.2 Å². The summed E-state index contributed by atoms with van der Waals surface area (Å²) in [6.45, 7) is 5.51. The van der Waals surface area contributed by atoms with Gasteiger partial charge in [-0.05, 0) is 39.7 Å². The second kappa shape index (κ2) is 8.68. The van der Waals surface area contributed by atoms with Crippen molar-refractivity contribution in [3.63, 3.8) is 0 Å². The molecule has 0 spiro atoms. The summed E-state index contributed by atoms with van der Waals surface area (Å²) in [4.78, 5) is 6.35. The molecule has 2 N–H and O–H groups in total. The van der Waals surface area contributed by atoms with Crippen LogP contribution in [0.25, 0.3) is 16.3 Å². The molecule has 190 valence electrons. The molecule has 2 fully saturated rings. The number of nitrogens with zero attached hydrogens (tertiary/aromatic N) is 5. The van der Waals surface area contributed by atoms with E-state index in [2.05, 4.69) is 25.2 Å². The first kappa shape index (κ1) is 24.4. The second-order valence-electron chi connectivity index (χ2n) is 9.51. The SMILES string of the molecule is C[C@@H]1N[C@H](CF)CN(c2cc(S(=O)(=O)NC3(C)CC3)cn3c(-c4nnc(C(F)F)s4)ncc23)[C@H]1C. The van der Waals surface area contributed by atoms with Crippen molar-refractivity contribution < 1.29 is 21.6 Å². The van der Waals surface area contributed by atoms with Gasteiger partial charge in [-0.3, -0.25) is 4.40 Å². The van der Waals surface area contributed by atoms with Crippen LogP contribution in [0.1, 0.15) is 45.0 Å². The largest absolute Gasteiger partial charge is 0.364 e. The topological polar surface area (TPSA) is 105 Å². The van der Waals surface area contributed by atoms with Crippen molar-refractivity contribution in [3.05, 3.63) is 23.5 Å². The summed E-state index contributed by atoms with van der Waals surface area (Å²) in [5.74, 6) is 0.207. The number of pyridine rings is 1. The number of nitrogens with one attached hydrogen (secondary N) is 2. The molecule has 0 bridgehead atoms. The van der Waals surface area contributed by atoms with Gasteiger partial charge in [0.05, 0.1) is 23.4 Å². The summed E-state index contributed by atoms with van der Waals surface area (Å²) in [5, 5.41) is 10.3. The lowest BCUT2D eigenvalue weighted by molar-refractivity contribution is 0.150. The van der Waals surface area contributed by atoms with E-state index in [1.165, 1.54) is 6.20 Å². The zero-order chi connectivity index (χ0) is 25.1. The lowest BCUT2D eigenvalue weighted by Crippen LogP contribution is -2.61. The number of hydrogen-bond acceptors (Lipinski definition) is 8. The lowest BCUT2D eigenvalue weighted by Gasteiger charge is -2.44. The number of fused-ring (bicyclic) bond motifs is 1. The minimum atomic E-state index is -3.91. The zero-order valence-electron chi connectivity index (χ0n) is 19.4. The zero-order valence-corrected chi connectivity index (χ0v) is 21.0. The average molecular weight is 530 g/mol. The third-order valence-corrected chi connectivity index (χ3v) is 9.26. The Morgan fingerprint density at radius 1 is 1.31 bits per heavy atom. The van der Waals surface area contributed by atoms with Crippen LogP contribution in [0, 0.1) is 0 Å². The monoisotopic (exact) mass is 529 g/mol. The Kier molecular flexibility index (Phi) is 6.05. The number of imidazole rings is 1. The number of rotatable bonds is 7. The van der Waals surface area contributed by atoms with Gasteiger partial charge in [0, 0.05) is 30.4 Å². The predicted molar refractivity (Wildman–Crippen MR) is 126 cm³/mol. The maximum absolute atomic E-state index is 13.6. The first-order valence-corrected chi connectivity index (χ1v) is 13.6. The van der Waals surface area contributed by atoms with E-state index in [1.54, 1.807) is 16.7 Å². The molecule has 14 heteroatoms. The maximum Gasteiger partial charge on any atom is 0.291 e. The quantitative estimate of drug-likeness (QED) is 0.485. The van der Waals surface area contributed by atoms with Crippen LogP contribution in [0.5, 0.6) is 0 Å². The van der Waals surface area contributed by atoms with Crippen molar-refractivity contribution in [3.8, 4) is 10.8 Å². The van der Waals surface area contributed by atoms with Crippen LogP contribution < -0.4 is 14.9 Å². The number of alkyl halides is 3. The maximum atomic E-state index is 13.6. The van der Waals surface area contributed by atoms with Gasteiger partial charge in [-0.25, -0.2) is 31.3 Å². The van der Waals surface area contributed by atoms with Crippen molar-refractivity contribution in [2.45, 2.75) is 68.6 Å². The average Bonchev–Trinajstić information content (AvgIpc) is 3.19.